The molecule has 0 fully saturated rings. The summed E-state index contributed by atoms with van der Waals surface area (Å²) in [6, 6.07) is 31.7. The molecule has 6 rings (SSSR count). The number of hydrogen-bond donors (Lipinski definition) is 0. The van der Waals surface area contributed by atoms with E-state index in [0.717, 1.165) is 38.7 Å². The highest BCUT2D eigenvalue weighted by Gasteiger charge is 2.18. The minimum atomic E-state index is 0.0476. The maximum atomic E-state index is 6.28. The quantitative estimate of drug-likeness (QED) is 0.268. The summed E-state index contributed by atoms with van der Waals surface area (Å²) in [5.74, 6) is 0. The molecule has 0 saturated carbocycles. The van der Waals surface area contributed by atoms with Crippen LogP contribution in [0, 0.1) is 0 Å². The van der Waals surface area contributed by atoms with Gasteiger partial charge in [-0.05, 0) is 51.9 Å². The summed E-state index contributed by atoms with van der Waals surface area (Å²) in [6.07, 6.45) is 3.77. The monoisotopic (exact) mass is 454 g/mol. The van der Waals surface area contributed by atoms with Gasteiger partial charge in [-0.25, -0.2) is 4.98 Å². The lowest BCUT2D eigenvalue weighted by Gasteiger charge is -2.19. The number of hydrogen-bond acceptors (Lipinski definition) is 3. The van der Waals surface area contributed by atoms with E-state index in [-0.39, 0.29) is 5.41 Å². The van der Waals surface area contributed by atoms with Crippen molar-refractivity contribution in [2.24, 2.45) is 0 Å². The summed E-state index contributed by atoms with van der Waals surface area (Å²) in [5, 5.41) is 2.06. The first-order valence-electron chi connectivity index (χ1n) is 11.9. The van der Waals surface area contributed by atoms with Crippen molar-refractivity contribution in [2.45, 2.75) is 26.2 Å². The fourth-order valence-electron chi connectivity index (χ4n) is 4.57. The lowest BCUT2D eigenvalue weighted by molar-refractivity contribution is 0.589. The predicted octanol–water partition coefficient (Wildman–Crippen LogP) is 8.67. The van der Waals surface area contributed by atoms with Gasteiger partial charge in [0.2, 0.25) is 5.71 Å². The molecule has 35 heavy (non-hydrogen) atoms. The minimum Gasteiger partial charge on any atom is -0.437 e. The average molecular weight is 455 g/mol. The molecule has 0 amide bonds. The fraction of sp³-hybridized carbons (Fsp3) is 0.125. The topological polar surface area (TPSA) is 38.9 Å². The van der Waals surface area contributed by atoms with Crippen LogP contribution in [0.25, 0.3) is 55.6 Å². The number of rotatable bonds is 3. The van der Waals surface area contributed by atoms with Gasteiger partial charge >= 0.3 is 0 Å². The van der Waals surface area contributed by atoms with Gasteiger partial charge in [-0.1, -0.05) is 87.5 Å². The maximum absolute atomic E-state index is 6.28. The van der Waals surface area contributed by atoms with Crippen LogP contribution in [0.4, 0.5) is 0 Å². The second kappa shape index (κ2) is 8.21. The molecule has 3 heterocycles. The van der Waals surface area contributed by atoms with Gasteiger partial charge in [-0.15, -0.1) is 0 Å². The number of para-hydroxylation sites is 1. The van der Waals surface area contributed by atoms with Crippen LogP contribution in [0.15, 0.2) is 108 Å². The highest BCUT2D eigenvalue weighted by atomic mass is 16.3. The molecule has 0 aliphatic heterocycles. The molecule has 0 N–H and O–H groups in total. The SMILES string of the molecule is CC(C)(C)c1ccnc(-c2cccc3c2oc2ncc(-c4ccc(-c5ccccc5)cc4)cc23)c1. The van der Waals surface area contributed by atoms with Gasteiger partial charge < -0.3 is 4.42 Å². The fourth-order valence-corrected chi connectivity index (χ4v) is 4.57. The summed E-state index contributed by atoms with van der Waals surface area (Å²) in [4.78, 5) is 9.34. The Kier molecular flexibility index (Phi) is 5.00. The number of furan rings is 1. The van der Waals surface area contributed by atoms with Gasteiger partial charge in [0.1, 0.15) is 5.58 Å². The van der Waals surface area contributed by atoms with Gasteiger partial charge in [0.25, 0.3) is 0 Å². The zero-order chi connectivity index (χ0) is 24.0. The van der Waals surface area contributed by atoms with Crippen LogP contribution in [0.1, 0.15) is 26.3 Å². The summed E-state index contributed by atoms with van der Waals surface area (Å²) in [6.45, 7) is 6.64. The van der Waals surface area contributed by atoms with Crippen molar-refractivity contribution in [3.8, 4) is 33.5 Å². The molecule has 0 spiro atoms. The summed E-state index contributed by atoms with van der Waals surface area (Å²) < 4.78 is 6.28. The Morgan fingerprint density at radius 1 is 0.629 bits per heavy atom. The number of fused-ring (bicyclic) bond motifs is 3. The van der Waals surface area contributed by atoms with E-state index in [1.54, 1.807) is 0 Å². The van der Waals surface area contributed by atoms with Crippen LogP contribution >= 0.6 is 0 Å². The maximum Gasteiger partial charge on any atom is 0.227 e. The molecule has 3 aromatic heterocycles. The van der Waals surface area contributed by atoms with Crippen molar-refractivity contribution in [1.29, 1.82) is 0 Å². The summed E-state index contributed by atoms with van der Waals surface area (Å²) in [5.41, 5.74) is 9.27. The van der Waals surface area contributed by atoms with E-state index in [1.807, 2.05) is 18.5 Å². The van der Waals surface area contributed by atoms with Crippen LogP contribution in [-0.4, -0.2) is 9.97 Å². The Balaban J connectivity index is 1.43. The van der Waals surface area contributed by atoms with E-state index in [9.17, 15) is 0 Å². The first-order valence-corrected chi connectivity index (χ1v) is 11.9. The average Bonchev–Trinajstić information content (AvgIpc) is 3.27. The molecule has 0 aliphatic rings. The van der Waals surface area contributed by atoms with Gasteiger partial charge in [0.15, 0.2) is 0 Å². The Labute approximate surface area is 205 Å². The smallest absolute Gasteiger partial charge is 0.227 e. The molecule has 3 nitrogen and oxygen atoms in total. The van der Waals surface area contributed by atoms with Crippen molar-refractivity contribution in [2.75, 3.05) is 0 Å². The van der Waals surface area contributed by atoms with Crippen molar-refractivity contribution >= 4 is 22.1 Å². The molecule has 0 saturated heterocycles. The molecule has 0 bridgehead atoms. The summed E-state index contributed by atoms with van der Waals surface area (Å²) >= 11 is 0. The van der Waals surface area contributed by atoms with E-state index in [2.05, 4.69) is 116 Å². The molecule has 0 aliphatic carbocycles. The van der Waals surface area contributed by atoms with Crippen LogP contribution in [0.3, 0.4) is 0 Å². The number of nitrogens with zero attached hydrogens (tertiary/aromatic N) is 2. The Morgan fingerprint density at radius 2 is 1.34 bits per heavy atom. The standard InChI is InChI=1S/C32H26N2O/c1-32(2,3)25-16-17-33-29(19-25)27-11-7-10-26-28-18-24(20-34-31(28)35-30(26)27)23-14-12-22(13-15-23)21-8-5-4-6-9-21/h4-20H,1-3H3. The molecular formula is C32H26N2O. The van der Waals surface area contributed by atoms with Crippen molar-refractivity contribution in [1.82, 2.24) is 9.97 Å². The Hall–Kier alpha value is -4.24. The third kappa shape index (κ3) is 3.89. The number of benzene rings is 3. The number of aromatic nitrogens is 2. The van der Waals surface area contributed by atoms with E-state index in [4.69, 9.17) is 4.42 Å². The lowest BCUT2D eigenvalue weighted by Crippen LogP contribution is -2.11. The molecule has 0 atom stereocenters. The third-order valence-electron chi connectivity index (χ3n) is 6.58. The second-order valence-electron chi connectivity index (χ2n) is 9.98. The Morgan fingerprint density at radius 3 is 2.09 bits per heavy atom. The third-order valence-corrected chi connectivity index (χ3v) is 6.58. The normalized spacial score (nSPS) is 11.9. The molecule has 170 valence electrons. The van der Waals surface area contributed by atoms with Gasteiger partial charge in [-0.3, -0.25) is 4.98 Å². The molecular weight excluding hydrogens is 428 g/mol. The van der Waals surface area contributed by atoms with E-state index in [0.29, 0.717) is 5.71 Å². The van der Waals surface area contributed by atoms with Gasteiger partial charge in [-0.2, -0.15) is 0 Å². The molecule has 3 heteroatoms. The van der Waals surface area contributed by atoms with Gasteiger partial charge in [0.05, 0.1) is 5.69 Å². The van der Waals surface area contributed by atoms with Crippen LogP contribution < -0.4 is 0 Å². The first-order chi connectivity index (χ1) is 17.0. The van der Waals surface area contributed by atoms with Gasteiger partial charge in [0, 0.05) is 34.3 Å². The van der Waals surface area contributed by atoms with Crippen LogP contribution in [0.5, 0.6) is 0 Å². The molecule has 6 aromatic rings. The Bertz CT molecular complexity index is 1660. The second-order valence-corrected chi connectivity index (χ2v) is 9.98. The van der Waals surface area contributed by atoms with Crippen LogP contribution in [-0.2, 0) is 5.41 Å². The largest absolute Gasteiger partial charge is 0.437 e. The van der Waals surface area contributed by atoms with Crippen molar-refractivity contribution in [3.63, 3.8) is 0 Å². The predicted molar refractivity (Wildman–Crippen MR) is 144 cm³/mol. The van der Waals surface area contributed by atoms with Crippen molar-refractivity contribution < 1.29 is 4.42 Å². The summed E-state index contributed by atoms with van der Waals surface area (Å²) in [7, 11) is 0. The molecule has 3 aromatic carbocycles. The zero-order valence-corrected chi connectivity index (χ0v) is 20.1. The number of pyridine rings is 2. The molecule has 0 radical (unpaired) electrons. The van der Waals surface area contributed by atoms with E-state index >= 15 is 0 Å². The first kappa shape index (κ1) is 21.3. The van der Waals surface area contributed by atoms with E-state index in [1.165, 1.54) is 16.7 Å². The van der Waals surface area contributed by atoms with Crippen LogP contribution in [0.2, 0.25) is 0 Å². The zero-order valence-electron chi connectivity index (χ0n) is 20.1. The minimum absolute atomic E-state index is 0.0476. The highest BCUT2D eigenvalue weighted by Crippen LogP contribution is 2.37. The van der Waals surface area contributed by atoms with Crippen molar-refractivity contribution in [3.05, 3.63) is 109 Å². The lowest BCUT2D eigenvalue weighted by atomic mass is 9.87. The highest BCUT2D eigenvalue weighted by molar-refractivity contribution is 6.09. The molecule has 0 unspecified atom stereocenters. The van der Waals surface area contributed by atoms with E-state index < -0.39 is 0 Å².